The van der Waals surface area contributed by atoms with Crippen LogP contribution in [0.15, 0.2) is 42.4 Å². The zero-order chi connectivity index (χ0) is 9.97. The maximum Gasteiger partial charge on any atom is 0.335 e. The number of carboxylic acid groups (broad SMARTS) is 1. The smallest absolute Gasteiger partial charge is 0.335 e. The summed E-state index contributed by atoms with van der Waals surface area (Å²) < 4.78 is 0. The van der Waals surface area contributed by atoms with Crippen molar-refractivity contribution in [2.24, 2.45) is 0 Å². The zero-order valence-electron chi connectivity index (χ0n) is 7.60. The highest BCUT2D eigenvalue weighted by atomic mass is 16.4. The fraction of sp³-hybridized carbons (Fsp3) is 0. The van der Waals surface area contributed by atoms with Gasteiger partial charge in [-0.25, -0.2) is 4.79 Å². The predicted octanol–water partition coefficient (Wildman–Crippen LogP) is 1.69. The van der Waals surface area contributed by atoms with Crippen molar-refractivity contribution < 1.29 is 9.90 Å². The molecule has 0 saturated carbocycles. The number of aromatic carboxylic acids is 1. The standard InChI is InChI=1S/C11H9BO2/c13-11(14)9-5-3-8(4-6-9)10-2-1-7-12-10/h1-7,12H,(H,13,14). The maximum absolute atomic E-state index is 10.6. The molecule has 0 unspecified atom stereocenters. The van der Waals surface area contributed by atoms with Crippen LogP contribution >= 0.6 is 0 Å². The van der Waals surface area contributed by atoms with Crippen LogP contribution in [0.1, 0.15) is 15.9 Å². The van der Waals surface area contributed by atoms with E-state index in [9.17, 15) is 4.79 Å². The van der Waals surface area contributed by atoms with E-state index in [1.807, 2.05) is 18.2 Å². The molecule has 2 rings (SSSR count). The summed E-state index contributed by atoms with van der Waals surface area (Å²) in [6, 6.07) is 6.97. The van der Waals surface area contributed by atoms with Crippen LogP contribution in [0.5, 0.6) is 0 Å². The summed E-state index contributed by atoms with van der Waals surface area (Å²) in [5, 5.41) is 8.71. The van der Waals surface area contributed by atoms with Gasteiger partial charge in [-0.3, -0.25) is 0 Å². The van der Waals surface area contributed by atoms with E-state index in [1.165, 1.54) is 5.47 Å². The van der Waals surface area contributed by atoms with Gasteiger partial charge < -0.3 is 5.11 Å². The van der Waals surface area contributed by atoms with Crippen LogP contribution in [0.25, 0.3) is 5.47 Å². The van der Waals surface area contributed by atoms with Gasteiger partial charge in [0.2, 0.25) is 0 Å². The monoisotopic (exact) mass is 184 g/mol. The lowest BCUT2D eigenvalue weighted by atomic mass is 9.70. The molecule has 1 aliphatic heterocycles. The van der Waals surface area contributed by atoms with E-state index >= 15 is 0 Å². The third-order valence-electron chi connectivity index (χ3n) is 2.27. The predicted molar refractivity (Wildman–Crippen MR) is 57.7 cm³/mol. The summed E-state index contributed by atoms with van der Waals surface area (Å²) in [5.74, 6) is 1.20. The molecule has 0 spiro atoms. The van der Waals surface area contributed by atoms with Gasteiger partial charge in [-0.2, -0.15) is 0 Å². The lowest BCUT2D eigenvalue weighted by molar-refractivity contribution is 0.0697. The molecular weight excluding hydrogens is 175 g/mol. The number of rotatable bonds is 2. The minimum absolute atomic E-state index is 0.334. The summed E-state index contributed by atoms with van der Waals surface area (Å²) >= 11 is 0. The molecule has 1 heterocycles. The first-order valence-electron chi connectivity index (χ1n) is 4.47. The Labute approximate surface area is 82.8 Å². The highest BCUT2D eigenvalue weighted by Gasteiger charge is 2.06. The summed E-state index contributed by atoms with van der Waals surface area (Å²) in [5.41, 5.74) is 2.67. The lowest BCUT2D eigenvalue weighted by Crippen LogP contribution is -1.96. The van der Waals surface area contributed by atoms with E-state index in [2.05, 4.69) is 12.1 Å². The number of carbonyl (C=O) groups is 1. The van der Waals surface area contributed by atoms with E-state index < -0.39 is 5.97 Å². The minimum Gasteiger partial charge on any atom is -0.478 e. The van der Waals surface area contributed by atoms with E-state index in [0.29, 0.717) is 5.56 Å². The second-order valence-corrected chi connectivity index (χ2v) is 3.21. The van der Waals surface area contributed by atoms with Gasteiger partial charge in [0.25, 0.3) is 0 Å². The fourth-order valence-electron chi connectivity index (χ4n) is 1.49. The summed E-state index contributed by atoms with van der Waals surface area (Å²) in [7, 11) is 0.937. The zero-order valence-corrected chi connectivity index (χ0v) is 7.60. The topological polar surface area (TPSA) is 37.3 Å². The van der Waals surface area contributed by atoms with Gasteiger partial charge >= 0.3 is 5.97 Å². The Kier molecular flexibility index (Phi) is 2.23. The van der Waals surface area contributed by atoms with Crippen LogP contribution in [-0.4, -0.2) is 18.4 Å². The molecule has 3 heteroatoms. The van der Waals surface area contributed by atoms with E-state index in [-0.39, 0.29) is 0 Å². The number of carboxylic acids is 1. The van der Waals surface area contributed by atoms with E-state index in [0.717, 1.165) is 12.8 Å². The SMILES string of the molecule is O=C(O)c1ccc(C2=CC=CB2)cc1. The molecule has 0 saturated heterocycles. The molecule has 1 N–H and O–H groups in total. The van der Waals surface area contributed by atoms with Crippen molar-refractivity contribution in [2.75, 3.05) is 0 Å². The Hall–Kier alpha value is -1.77. The minimum atomic E-state index is -0.880. The quantitative estimate of drug-likeness (QED) is 0.710. The third kappa shape index (κ3) is 1.62. The Morgan fingerprint density at radius 2 is 1.93 bits per heavy atom. The van der Waals surface area contributed by atoms with Gasteiger partial charge in [0.05, 0.1) is 5.56 Å². The average Bonchev–Trinajstić information content (AvgIpc) is 2.71. The van der Waals surface area contributed by atoms with Crippen molar-refractivity contribution in [3.8, 4) is 0 Å². The first-order chi connectivity index (χ1) is 6.77. The molecule has 2 nitrogen and oxygen atoms in total. The summed E-state index contributed by atoms with van der Waals surface area (Å²) in [4.78, 5) is 10.6. The third-order valence-corrected chi connectivity index (χ3v) is 2.27. The Bertz CT molecular complexity index is 415. The largest absolute Gasteiger partial charge is 0.478 e. The maximum atomic E-state index is 10.6. The highest BCUT2D eigenvalue weighted by Crippen LogP contribution is 2.17. The highest BCUT2D eigenvalue weighted by molar-refractivity contribution is 6.66. The molecule has 0 aromatic heterocycles. The van der Waals surface area contributed by atoms with Gasteiger partial charge in [0.1, 0.15) is 0 Å². The number of hydrogen-bond acceptors (Lipinski definition) is 1. The Morgan fingerprint density at radius 3 is 2.43 bits per heavy atom. The Morgan fingerprint density at radius 1 is 1.21 bits per heavy atom. The molecule has 14 heavy (non-hydrogen) atoms. The van der Waals surface area contributed by atoms with Crippen molar-refractivity contribution in [3.05, 3.63) is 53.5 Å². The van der Waals surface area contributed by atoms with Crippen LogP contribution in [0.3, 0.4) is 0 Å². The Balaban J connectivity index is 2.26. The molecule has 68 valence electrons. The molecule has 0 fully saturated rings. The van der Waals surface area contributed by atoms with Gasteiger partial charge in [-0.15, -0.1) is 5.98 Å². The second kappa shape index (κ2) is 3.54. The molecule has 0 atom stereocenters. The van der Waals surface area contributed by atoms with E-state index in [1.54, 1.807) is 12.1 Å². The molecule has 0 aliphatic carbocycles. The first-order valence-corrected chi connectivity index (χ1v) is 4.47. The molecule has 0 radical (unpaired) electrons. The van der Waals surface area contributed by atoms with Crippen LogP contribution in [0.2, 0.25) is 0 Å². The van der Waals surface area contributed by atoms with E-state index in [4.69, 9.17) is 5.11 Å². The number of benzene rings is 1. The summed E-state index contributed by atoms with van der Waals surface area (Å²) in [6.45, 7) is 0. The van der Waals surface area contributed by atoms with Crippen LogP contribution in [0.4, 0.5) is 0 Å². The lowest BCUT2D eigenvalue weighted by Gasteiger charge is -2.01. The van der Waals surface area contributed by atoms with Crippen molar-refractivity contribution >= 4 is 18.7 Å². The molecular formula is C11H9BO2. The van der Waals surface area contributed by atoms with Crippen molar-refractivity contribution in [3.63, 3.8) is 0 Å². The second-order valence-electron chi connectivity index (χ2n) is 3.21. The molecule has 0 bridgehead atoms. The molecule has 1 aromatic rings. The van der Waals surface area contributed by atoms with Gasteiger partial charge in [0, 0.05) is 0 Å². The van der Waals surface area contributed by atoms with Crippen molar-refractivity contribution in [2.45, 2.75) is 0 Å². The van der Waals surface area contributed by atoms with Crippen molar-refractivity contribution in [1.82, 2.24) is 0 Å². The van der Waals surface area contributed by atoms with Gasteiger partial charge in [-0.05, 0) is 17.7 Å². The van der Waals surface area contributed by atoms with Crippen LogP contribution in [0, 0.1) is 0 Å². The number of hydrogen-bond donors (Lipinski definition) is 1. The molecule has 0 amide bonds. The summed E-state index contributed by atoms with van der Waals surface area (Å²) in [6.07, 6.45) is 4.07. The fourth-order valence-corrected chi connectivity index (χ4v) is 1.49. The van der Waals surface area contributed by atoms with Crippen molar-refractivity contribution in [1.29, 1.82) is 0 Å². The molecule has 1 aliphatic rings. The van der Waals surface area contributed by atoms with Gasteiger partial charge in [0.15, 0.2) is 7.28 Å². The van der Waals surface area contributed by atoms with Crippen LogP contribution < -0.4 is 0 Å². The van der Waals surface area contributed by atoms with Gasteiger partial charge in [-0.1, -0.05) is 29.8 Å². The average molecular weight is 184 g/mol. The number of allylic oxidation sites excluding steroid dienone is 2. The molecule has 1 aromatic carbocycles. The first kappa shape index (κ1) is 8.82. The normalized spacial score (nSPS) is 13.6. The van der Waals surface area contributed by atoms with Crippen LogP contribution in [-0.2, 0) is 0 Å².